The maximum absolute atomic E-state index is 12.3. The molecule has 2 heterocycles. The van der Waals surface area contributed by atoms with Gasteiger partial charge < -0.3 is 10.6 Å². The summed E-state index contributed by atoms with van der Waals surface area (Å²) in [5.74, 6) is 0.257. The van der Waals surface area contributed by atoms with Gasteiger partial charge in [-0.2, -0.15) is 0 Å². The lowest BCUT2D eigenvalue weighted by molar-refractivity contribution is -0.122. The van der Waals surface area contributed by atoms with Crippen molar-refractivity contribution < 1.29 is 4.79 Å². The highest BCUT2D eigenvalue weighted by Gasteiger charge is 2.39. The first kappa shape index (κ1) is 18.0. The second-order valence-corrected chi connectivity index (χ2v) is 7.47. The molecule has 1 saturated carbocycles. The minimum Gasteiger partial charge on any atom is -0.352 e. The number of halogens is 1. The number of hydrogen-bond acceptors (Lipinski definition) is 3. The predicted molar refractivity (Wildman–Crippen MR) is 92.5 cm³/mol. The summed E-state index contributed by atoms with van der Waals surface area (Å²) in [6, 6.07) is 0.440. The summed E-state index contributed by atoms with van der Waals surface area (Å²) in [5, 5.41) is 6.74. The van der Waals surface area contributed by atoms with Crippen molar-refractivity contribution in [3.05, 3.63) is 0 Å². The highest BCUT2D eigenvalue weighted by atomic mass is 35.5. The molecule has 0 unspecified atom stereocenters. The van der Waals surface area contributed by atoms with Crippen molar-refractivity contribution in [2.24, 2.45) is 5.41 Å². The van der Waals surface area contributed by atoms with Crippen LogP contribution in [0.1, 0.15) is 57.8 Å². The molecular weight excluding hydrogens is 298 g/mol. The third kappa shape index (κ3) is 4.84. The van der Waals surface area contributed by atoms with Crippen molar-refractivity contribution in [3.63, 3.8) is 0 Å². The molecule has 2 aliphatic heterocycles. The highest BCUT2D eigenvalue weighted by Crippen LogP contribution is 2.38. The van der Waals surface area contributed by atoms with E-state index in [1.165, 1.54) is 57.8 Å². The van der Waals surface area contributed by atoms with Gasteiger partial charge in [0.15, 0.2) is 0 Å². The van der Waals surface area contributed by atoms with E-state index < -0.39 is 0 Å². The first-order valence-electron chi connectivity index (χ1n) is 8.98. The van der Waals surface area contributed by atoms with Crippen LogP contribution in [0.3, 0.4) is 0 Å². The van der Waals surface area contributed by atoms with Crippen LogP contribution in [0.25, 0.3) is 0 Å². The lowest BCUT2D eigenvalue weighted by atomic mass is 9.78. The van der Waals surface area contributed by atoms with Crippen LogP contribution in [0, 0.1) is 5.41 Å². The Morgan fingerprint density at radius 1 is 1.09 bits per heavy atom. The third-order valence-electron chi connectivity index (χ3n) is 5.77. The van der Waals surface area contributed by atoms with Crippen LogP contribution in [0.5, 0.6) is 0 Å². The standard InChI is InChI=1S/C17H31N3O.ClH/c21-16(19-15-5-3-1-2-4-6-15)13-20-12-9-17(14-20)7-10-18-11-8-17;/h15,18H,1-14H2,(H,19,21);1H. The van der Waals surface area contributed by atoms with Crippen LogP contribution in [0.2, 0.25) is 0 Å². The Balaban J connectivity index is 0.00000176. The molecule has 1 spiro atoms. The SMILES string of the molecule is Cl.O=C(CN1CCC2(CCNCC2)C1)NC1CCCCCC1. The van der Waals surface area contributed by atoms with Crippen LogP contribution < -0.4 is 10.6 Å². The van der Waals surface area contributed by atoms with Crippen LogP contribution in [-0.4, -0.2) is 49.6 Å². The third-order valence-corrected chi connectivity index (χ3v) is 5.77. The van der Waals surface area contributed by atoms with E-state index in [2.05, 4.69) is 15.5 Å². The second-order valence-electron chi connectivity index (χ2n) is 7.47. The summed E-state index contributed by atoms with van der Waals surface area (Å²) in [4.78, 5) is 14.7. The van der Waals surface area contributed by atoms with E-state index in [0.29, 0.717) is 18.0 Å². The molecule has 5 heteroatoms. The molecule has 2 saturated heterocycles. The van der Waals surface area contributed by atoms with E-state index in [1.54, 1.807) is 0 Å². The van der Waals surface area contributed by atoms with Crippen LogP contribution in [0.15, 0.2) is 0 Å². The molecule has 0 bridgehead atoms. The molecule has 0 aromatic heterocycles. The number of piperidine rings is 1. The Labute approximate surface area is 141 Å². The van der Waals surface area contributed by atoms with Gasteiger partial charge in [0.2, 0.25) is 5.91 Å². The van der Waals surface area contributed by atoms with Gasteiger partial charge in [0.25, 0.3) is 0 Å². The minimum absolute atomic E-state index is 0. The zero-order valence-electron chi connectivity index (χ0n) is 13.7. The summed E-state index contributed by atoms with van der Waals surface area (Å²) in [6.45, 7) is 5.17. The Morgan fingerprint density at radius 2 is 1.77 bits per heavy atom. The van der Waals surface area contributed by atoms with E-state index in [-0.39, 0.29) is 18.3 Å². The number of amides is 1. The van der Waals surface area contributed by atoms with Crippen LogP contribution in [0.4, 0.5) is 0 Å². The van der Waals surface area contributed by atoms with Gasteiger partial charge in [-0.05, 0) is 57.2 Å². The average molecular weight is 330 g/mol. The lowest BCUT2D eigenvalue weighted by Crippen LogP contribution is -2.43. The Morgan fingerprint density at radius 3 is 2.45 bits per heavy atom. The summed E-state index contributed by atoms with van der Waals surface area (Å²) in [5.41, 5.74) is 0.508. The molecule has 0 aromatic carbocycles. The number of carbonyl (C=O) groups is 1. The van der Waals surface area contributed by atoms with Crippen molar-refractivity contribution in [1.82, 2.24) is 15.5 Å². The summed E-state index contributed by atoms with van der Waals surface area (Å²) >= 11 is 0. The maximum atomic E-state index is 12.3. The molecule has 3 fully saturated rings. The average Bonchev–Trinajstić information content (AvgIpc) is 2.70. The quantitative estimate of drug-likeness (QED) is 0.781. The molecule has 0 aromatic rings. The van der Waals surface area contributed by atoms with Crippen molar-refractivity contribution in [3.8, 4) is 0 Å². The summed E-state index contributed by atoms with van der Waals surface area (Å²) in [6.07, 6.45) is 11.5. The Bertz CT molecular complexity index is 350. The topological polar surface area (TPSA) is 44.4 Å². The van der Waals surface area contributed by atoms with Crippen LogP contribution >= 0.6 is 12.4 Å². The smallest absolute Gasteiger partial charge is 0.234 e. The van der Waals surface area contributed by atoms with Crippen molar-refractivity contribution in [2.45, 2.75) is 63.8 Å². The van der Waals surface area contributed by atoms with Crippen molar-refractivity contribution >= 4 is 18.3 Å². The molecule has 22 heavy (non-hydrogen) atoms. The fourth-order valence-corrected chi connectivity index (χ4v) is 4.43. The lowest BCUT2D eigenvalue weighted by Gasteiger charge is -2.33. The number of rotatable bonds is 3. The number of nitrogens with zero attached hydrogens (tertiary/aromatic N) is 1. The Hall–Kier alpha value is -0.320. The van der Waals surface area contributed by atoms with Gasteiger partial charge in [0, 0.05) is 12.6 Å². The molecule has 0 radical (unpaired) electrons. The zero-order valence-corrected chi connectivity index (χ0v) is 14.6. The first-order chi connectivity index (χ1) is 10.3. The number of likely N-dealkylation sites (tertiary alicyclic amines) is 1. The van der Waals surface area contributed by atoms with Gasteiger partial charge in [0.05, 0.1) is 6.54 Å². The van der Waals surface area contributed by atoms with Gasteiger partial charge in [-0.25, -0.2) is 0 Å². The molecule has 3 rings (SSSR count). The summed E-state index contributed by atoms with van der Waals surface area (Å²) in [7, 11) is 0. The first-order valence-corrected chi connectivity index (χ1v) is 8.98. The zero-order chi connectivity index (χ0) is 14.5. The van der Waals surface area contributed by atoms with Crippen LogP contribution in [-0.2, 0) is 4.79 Å². The number of hydrogen-bond donors (Lipinski definition) is 2. The molecule has 2 N–H and O–H groups in total. The van der Waals surface area contributed by atoms with E-state index in [4.69, 9.17) is 0 Å². The fraction of sp³-hybridized carbons (Fsp3) is 0.941. The predicted octanol–water partition coefficient (Wildman–Crippen LogP) is 2.32. The maximum Gasteiger partial charge on any atom is 0.234 e. The highest BCUT2D eigenvalue weighted by molar-refractivity contribution is 5.85. The van der Waals surface area contributed by atoms with E-state index in [9.17, 15) is 4.79 Å². The fourth-order valence-electron chi connectivity index (χ4n) is 4.43. The van der Waals surface area contributed by atoms with Gasteiger partial charge in [-0.3, -0.25) is 9.69 Å². The minimum atomic E-state index is 0. The van der Waals surface area contributed by atoms with Crippen molar-refractivity contribution in [1.29, 1.82) is 0 Å². The van der Waals surface area contributed by atoms with Gasteiger partial charge in [-0.1, -0.05) is 25.7 Å². The second kappa shape index (κ2) is 8.51. The van der Waals surface area contributed by atoms with Gasteiger partial charge in [-0.15, -0.1) is 12.4 Å². The number of carbonyl (C=O) groups excluding carboxylic acids is 1. The number of nitrogens with one attached hydrogen (secondary N) is 2. The van der Waals surface area contributed by atoms with E-state index in [0.717, 1.165) is 26.2 Å². The summed E-state index contributed by atoms with van der Waals surface area (Å²) < 4.78 is 0. The largest absolute Gasteiger partial charge is 0.352 e. The van der Waals surface area contributed by atoms with Gasteiger partial charge in [0.1, 0.15) is 0 Å². The molecule has 3 aliphatic rings. The molecule has 1 aliphatic carbocycles. The molecule has 4 nitrogen and oxygen atoms in total. The van der Waals surface area contributed by atoms with Crippen molar-refractivity contribution in [2.75, 3.05) is 32.7 Å². The molecule has 0 atom stereocenters. The monoisotopic (exact) mass is 329 g/mol. The Kier molecular flexibility index (Phi) is 6.97. The molecule has 128 valence electrons. The molecular formula is C17H32ClN3O. The van der Waals surface area contributed by atoms with E-state index in [1.807, 2.05) is 0 Å². The normalized spacial score (nSPS) is 26.4. The van der Waals surface area contributed by atoms with Gasteiger partial charge >= 0.3 is 0 Å². The molecule has 1 amide bonds. The van der Waals surface area contributed by atoms with E-state index >= 15 is 0 Å².